The Bertz CT molecular complexity index is 590. The van der Waals surface area contributed by atoms with Crippen LogP contribution in [0.2, 0.25) is 0 Å². The Morgan fingerprint density at radius 2 is 2.24 bits per heavy atom. The van der Waals surface area contributed by atoms with Crippen molar-refractivity contribution in [2.24, 2.45) is 5.92 Å². The Labute approximate surface area is 129 Å². The zero-order valence-corrected chi connectivity index (χ0v) is 13.9. The fraction of sp³-hybridized carbons (Fsp3) is 0.667. The van der Waals surface area contributed by atoms with Crippen molar-refractivity contribution in [1.29, 1.82) is 0 Å². The van der Waals surface area contributed by atoms with Crippen LogP contribution in [0.5, 0.6) is 0 Å². The lowest BCUT2D eigenvalue weighted by molar-refractivity contribution is -0.124. The van der Waals surface area contributed by atoms with Crippen molar-refractivity contribution in [3.8, 4) is 0 Å². The Balaban J connectivity index is 2.22. The molecule has 1 atom stereocenters. The molecule has 0 spiro atoms. The molecule has 2 rings (SSSR count). The molecule has 2 heterocycles. The van der Waals surface area contributed by atoms with Crippen LogP contribution >= 0.6 is 11.8 Å². The van der Waals surface area contributed by atoms with Gasteiger partial charge in [-0.05, 0) is 6.42 Å². The third-order valence-electron chi connectivity index (χ3n) is 3.48. The summed E-state index contributed by atoms with van der Waals surface area (Å²) in [6.07, 6.45) is 0.915. The molecule has 0 bridgehead atoms. The molecule has 0 saturated heterocycles. The fourth-order valence-corrected chi connectivity index (χ4v) is 3.24. The Morgan fingerprint density at radius 1 is 1.52 bits per heavy atom. The summed E-state index contributed by atoms with van der Waals surface area (Å²) in [5.41, 5.74) is 0.593. The molecule has 116 valence electrons. The average molecular weight is 309 g/mol. The molecule has 0 aliphatic carbocycles. The highest BCUT2D eigenvalue weighted by atomic mass is 32.2. The molecule has 6 heteroatoms. The van der Waals surface area contributed by atoms with Crippen molar-refractivity contribution in [2.45, 2.75) is 51.2 Å². The Morgan fingerprint density at radius 3 is 2.86 bits per heavy atom. The molecule has 0 fully saturated rings. The normalized spacial score (nSPS) is 18.2. The first-order chi connectivity index (χ1) is 9.82. The van der Waals surface area contributed by atoms with Gasteiger partial charge in [-0.3, -0.25) is 14.2 Å². The van der Waals surface area contributed by atoms with E-state index in [4.69, 9.17) is 0 Å². The predicted molar refractivity (Wildman–Crippen MR) is 84.7 cm³/mol. The monoisotopic (exact) mass is 309 g/mol. The van der Waals surface area contributed by atoms with Gasteiger partial charge in [-0.25, -0.2) is 4.98 Å². The van der Waals surface area contributed by atoms with E-state index in [9.17, 15) is 9.59 Å². The molecule has 1 amide bonds. The van der Waals surface area contributed by atoms with Crippen molar-refractivity contribution >= 4 is 17.7 Å². The standard InChI is InChI=1S/C15H23N3O2S/c1-5-6-16-13(20)10-8-18-12(19)7-11(15(2,3)4)17-14(18)21-9-10/h7,10H,5-6,8-9H2,1-4H3,(H,16,20). The first-order valence-electron chi connectivity index (χ1n) is 7.35. The summed E-state index contributed by atoms with van der Waals surface area (Å²) in [5.74, 6) is 0.547. The molecular formula is C15H23N3O2S. The van der Waals surface area contributed by atoms with E-state index >= 15 is 0 Å². The van der Waals surface area contributed by atoms with Crippen LogP contribution in [0.1, 0.15) is 39.8 Å². The number of hydrogen-bond acceptors (Lipinski definition) is 4. The van der Waals surface area contributed by atoms with Crippen LogP contribution in [0.3, 0.4) is 0 Å². The third kappa shape index (κ3) is 3.67. The Hall–Kier alpha value is -1.30. The Kier molecular flexibility index (Phi) is 4.76. The number of nitrogens with zero attached hydrogens (tertiary/aromatic N) is 2. The van der Waals surface area contributed by atoms with Gasteiger partial charge in [-0.1, -0.05) is 39.5 Å². The average Bonchev–Trinajstić information content (AvgIpc) is 2.43. The second-order valence-corrected chi connectivity index (χ2v) is 7.41. The van der Waals surface area contributed by atoms with Gasteiger partial charge < -0.3 is 5.32 Å². The molecule has 0 radical (unpaired) electrons. The van der Waals surface area contributed by atoms with E-state index in [0.29, 0.717) is 18.8 Å². The molecule has 1 N–H and O–H groups in total. The van der Waals surface area contributed by atoms with E-state index in [0.717, 1.165) is 17.3 Å². The van der Waals surface area contributed by atoms with Crippen LogP contribution in [-0.4, -0.2) is 27.8 Å². The molecule has 1 aromatic heterocycles. The summed E-state index contributed by atoms with van der Waals surface area (Å²) < 4.78 is 1.62. The molecule has 0 saturated carbocycles. The van der Waals surface area contributed by atoms with Crippen LogP contribution in [0, 0.1) is 5.92 Å². The maximum Gasteiger partial charge on any atom is 0.254 e. The van der Waals surface area contributed by atoms with E-state index in [1.165, 1.54) is 11.8 Å². The molecule has 0 aromatic carbocycles. The summed E-state index contributed by atoms with van der Waals surface area (Å²) >= 11 is 1.49. The van der Waals surface area contributed by atoms with Gasteiger partial charge >= 0.3 is 0 Å². The maximum absolute atomic E-state index is 12.3. The molecule has 1 unspecified atom stereocenters. The summed E-state index contributed by atoms with van der Waals surface area (Å²) in [7, 11) is 0. The second-order valence-electron chi connectivity index (χ2n) is 6.42. The van der Waals surface area contributed by atoms with E-state index in [1.807, 2.05) is 27.7 Å². The number of carbonyl (C=O) groups is 1. The lowest BCUT2D eigenvalue weighted by Gasteiger charge is -2.26. The van der Waals surface area contributed by atoms with Gasteiger partial charge in [0.15, 0.2) is 5.16 Å². The topological polar surface area (TPSA) is 64.0 Å². The van der Waals surface area contributed by atoms with Gasteiger partial charge in [0.2, 0.25) is 5.91 Å². The van der Waals surface area contributed by atoms with Crippen molar-refractivity contribution < 1.29 is 4.79 Å². The van der Waals surface area contributed by atoms with Crippen LogP contribution in [0.25, 0.3) is 0 Å². The summed E-state index contributed by atoms with van der Waals surface area (Å²) in [4.78, 5) is 28.9. The number of aromatic nitrogens is 2. The summed E-state index contributed by atoms with van der Waals surface area (Å²) in [5, 5.41) is 3.63. The van der Waals surface area contributed by atoms with Crippen LogP contribution in [0.15, 0.2) is 16.0 Å². The smallest absolute Gasteiger partial charge is 0.254 e. The number of carbonyl (C=O) groups excluding carboxylic acids is 1. The van der Waals surface area contributed by atoms with Crippen LogP contribution < -0.4 is 10.9 Å². The van der Waals surface area contributed by atoms with Gasteiger partial charge in [0, 0.05) is 30.3 Å². The quantitative estimate of drug-likeness (QED) is 0.865. The zero-order chi connectivity index (χ0) is 15.6. The van der Waals surface area contributed by atoms with Gasteiger partial charge in [0.1, 0.15) is 0 Å². The molecular weight excluding hydrogens is 286 g/mol. The number of fused-ring (bicyclic) bond motifs is 1. The molecule has 21 heavy (non-hydrogen) atoms. The number of rotatable bonds is 3. The number of amides is 1. The number of hydrogen-bond donors (Lipinski definition) is 1. The number of thioether (sulfide) groups is 1. The fourth-order valence-electron chi connectivity index (χ4n) is 2.15. The van der Waals surface area contributed by atoms with E-state index in [1.54, 1.807) is 10.6 Å². The largest absolute Gasteiger partial charge is 0.356 e. The van der Waals surface area contributed by atoms with Gasteiger partial charge in [0.25, 0.3) is 5.56 Å². The van der Waals surface area contributed by atoms with Crippen molar-refractivity contribution in [3.63, 3.8) is 0 Å². The predicted octanol–water partition coefficient (Wildman–Crippen LogP) is 1.79. The van der Waals surface area contributed by atoms with Crippen molar-refractivity contribution in [1.82, 2.24) is 14.9 Å². The molecule has 5 nitrogen and oxygen atoms in total. The van der Waals surface area contributed by atoms with E-state index < -0.39 is 0 Å². The lowest BCUT2D eigenvalue weighted by Crippen LogP contribution is -2.40. The SMILES string of the molecule is CCCNC(=O)C1CSc2nc(C(C)(C)C)cc(=O)n2C1. The van der Waals surface area contributed by atoms with Crippen molar-refractivity contribution in [2.75, 3.05) is 12.3 Å². The maximum atomic E-state index is 12.3. The van der Waals surface area contributed by atoms with E-state index in [-0.39, 0.29) is 22.8 Å². The molecule has 1 aliphatic heterocycles. The highest BCUT2D eigenvalue weighted by Crippen LogP contribution is 2.27. The van der Waals surface area contributed by atoms with Gasteiger partial charge in [-0.15, -0.1) is 0 Å². The highest BCUT2D eigenvalue weighted by Gasteiger charge is 2.28. The second kappa shape index (κ2) is 6.22. The summed E-state index contributed by atoms with van der Waals surface area (Å²) in [6.45, 7) is 9.26. The highest BCUT2D eigenvalue weighted by molar-refractivity contribution is 7.99. The molecule has 1 aliphatic rings. The van der Waals surface area contributed by atoms with Crippen molar-refractivity contribution in [3.05, 3.63) is 22.1 Å². The first-order valence-corrected chi connectivity index (χ1v) is 8.34. The minimum Gasteiger partial charge on any atom is -0.356 e. The minimum absolute atomic E-state index is 0.0294. The van der Waals surface area contributed by atoms with Gasteiger partial charge in [0.05, 0.1) is 11.6 Å². The van der Waals surface area contributed by atoms with Crippen LogP contribution in [-0.2, 0) is 16.8 Å². The zero-order valence-electron chi connectivity index (χ0n) is 13.1. The molecule has 1 aromatic rings. The van der Waals surface area contributed by atoms with Crippen LogP contribution in [0.4, 0.5) is 0 Å². The first kappa shape index (κ1) is 16.1. The van der Waals surface area contributed by atoms with E-state index in [2.05, 4.69) is 10.3 Å². The minimum atomic E-state index is -0.158. The lowest BCUT2D eigenvalue weighted by atomic mass is 9.92. The summed E-state index contributed by atoms with van der Waals surface area (Å²) in [6, 6.07) is 1.59. The third-order valence-corrected chi connectivity index (χ3v) is 4.62. The van der Waals surface area contributed by atoms with Gasteiger partial charge in [-0.2, -0.15) is 0 Å². The number of nitrogens with one attached hydrogen (secondary N) is 1.